The molecular weight excluding hydrogens is 401 g/mol. The lowest BCUT2D eigenvalue weighted by molar-refractivity contribution is -0.140. The summed E-state index contributed by atoms with van der Waals surface area (Å²) in [6, 6.07) is 1.23. The molecule has 2 aromatic heterocycles. The molecule has 2 N–H and O–H groups in total. The van der Waals surface area contributed by atoms with Crippen molar-refractivity contribution in [2.45, 2.75) is 12.1 Å². The molecule has 156 valence electrons. The van der Waals surface area contributed by atoms with Crippen molar-refractivity contribution in [3.8, 4) is 11.3 Å². The molecule has 0 spiro atoms. The molecule has 0 saturated carbocycles. The number of nitrogens with two attached hydrogens (primary N) is 1. The third-order valence-electron chi connectivity index (χ3n) is 4.51. The van der Waals surface area contributed by atoms with E-state index in [1.165, 1.54) is 11.0 Å². The van der Waals surface area contributed by atoms with E-state index in [1.54, 1.807) is 4.90 Å². The number of anilines is 3. The third-order valence-corrected chi connectivity index (χ3v) is 4.51. The molecule has 0 unspecified atom stereocenters. The van der Waals surface area contributed by atoms with Gasteiger partial charge in [0.25, 0.3) is 5.92 Å². The maximum atomic E-state index is 13.5. The Hall–Kier alpha value is -2.83. The molecule has 2 aromatic rings. The van der Waals surface area contributed by atoms with Gasteiger partial charge in [0.1, 0.15) is 5.82 Å². The summed E-state index contributed by atoms with van der Waals surface area (Å²) < 4.78 is 72.4. The second-order valence-corrected chi connectivity index (χ2v) is 6.71. The number of ether oxygens (including phenoxy) is 1. The first-order chi connectivity index (χ1) is 13.6. The Labute approximate surface area is 161 Å². The van der Waals surface area contributed by atoms with Crippen LogP contribution in [0.5, 0.6) is 0 Å². The minimum Gasteiger partial charge on any atom is -0.378 e. The Balaban J connectivity index is 1.81. The first-order valence-electron chi connectivity index (χ1n) is 8.67. The van der Waals surface area contributed by atoms with Gasteiger partial charge in [-0.25, -0.2) is 23.7 Å². The van der Waals surface area contributed by atoms with Gasteiger partial charge in [-0.2, -0.15) is 18.2 Å². The van der Waals surface area contributed by atoms with Crippen LogP contribution in [0.2, 0.25) is 0 Å². The van der Waals surface area contributed by atoms with Gasteiger partial charge in [-0.1, -0.05) is 0 Å². The van der Waals surface area contributed by atoms with Crippen molar-refractivity contribution in [1.82, 2.24) is 19.9 Å². The highest BCUT2D eigenvalue weighted by molar-refractivity contribution is 5.68. The molecule has 13 heteroatoms. The van der Waals surface area contributed by atoms with Crippen molar-refractivity contribution in [3.63, 3.8) is 0 Å². The second kappa shape index (κ2) is 6.90. The lowest BCUT2D eigenvalue weighted by atomic mass is 10.1. The second-order valence-electron chi connectivity index (χ2n) is 6.71. The SMILES string of the molecule is Nc1ncc(-c2cc(N3CC(F)(F)C3)nc(N3CCOCC3)n2)c(C(F)(F)F)n1. The minimum atomic E-state index is -4.81. The topological polar surface area (TPSA) is 93.3 Å². The highest BCUT2D eigenvalue weighted by atomic mass is 19.4. The smallest absolute Gasteiger partial charge is 0.378 e. The zero-order valence-corrected chi connectivity index (χ0v) is 15.0. The summed E-state index contributed by atoms with van der Waals surface area (Å²) in [5.41, 5.74) is 3.53. The highest BCUT2D eigenvalue weighted by Gasteiger charge is 2.45. The normalized spacial score (nSPS) is 19.2. The molecule has 2 saturated heterocycles. The Morgan fingerprint density at radius 2 is 1.72 bits per heavy atom. The molecule has 4 heterocycles. The average molecular weight is 417 g/mol. The van der Waals surface area contributed by atoms with Crippen LogP contribution in [0.3, 0.4) is 0 Å². The van der Waals surface area contributed by atoms with Gasteiger partial charge in [0, 0.05) is 30.9 Å². The van der Waals surface area contributed by atoms with Crippen LogP contribution in [0.15, 0.2) is 12.3 Å². The van der Waals surface area contributed by atoms with E-state index in [1.807, 2.05) is 0 Å². The first kappa shape index (κ1) is 19.5. The van der Waals surface area contributed by atoms with E-state index < -0.39 is 42.4 Å². The molecule has 2 aliphatic rings. The van der Waals surface area contributed by atoms with E-state index in [-0.39, 0.29) is 17.5 Å². The number of halogens is 5. The molecule has 0 atom stereocenters. The van der Waals surface area contributed by atoms with Crippen molar-refractivity contribution < 1.29 is 26.7 Å². The molecule has 8 nitrogen and oxygen atoms in total. The molecule has 29 heavy (non-hydrogen) atoms. The predicted molar refractivity (Wildman–Crippen MR) is 92.7 cm³/mol. The molecule has 4 rings (SSSR count). The summed E-state index contributed by atoms with van der Waals surface area (Å²) in [5, 5.41) is 0. The maximum absolute atomic E-state index is 13.5. The number of rotatable bonds is 3. The Kier molecular flexibility index (Phi) is 4.63. The molecule has 0 bridgehead atoms. The first-order valence-corrected chi connectivity index (χ1v) is 8.67. The van der Waals surface area contributed by atoms with Crippen LogP contribution in [0.1, 0.15) is 5.69 Å². The number of aromatic nitrogens is 4. The molecule has 2 aliphatic heterocycles. The number of morpholine rings is 1. The molecule has 2 fully saturated rings. The monoisotopic (exact) mass is 417 g/mol. The minimum absolute atomic E-state index is 0.104. The zero-order chi connectivity index (χ0) is 20.8. The van der Waals surface area contributed by atoms with Crippen LogP contribution in [0.25, 0.3) is 11.3 Å². The quantitative estimate of drug-likeness (QED) is 0.757. The predicted octanol–water partition coefficient (Wildman–Crippen LogP) is 1.83. The largest absolute Gasteiger partial charge is 0.434 e. The van der Waals surface area contributed by atoms with Crippen molar-refractivity contribution in [3.05, 3.63) is 18.0 Å². The zero-order valence-electron chi connectivity index (χ0n) is 15.0. The lowest BCUT2D eigenvalue weighted by Gasteiger charge is -2.40. The van der Waals surface area contributed by atoms with Crippen molar-refractivity contribution in [2.24, 2.45) is 0 Å². The van der Waals surface area contributed by atoms with Crippen molar-refractivity contribution in [2.75, 3.05) is 54.9 Å². The Bertz CT molecular complexity index is 909. The maximum Gasteiger partial charge on any atom is 0.434 e. The lowest BCUT2D eigenvalue weighted by Crippen LogP contribution is -2.56. The summed E-state index contributed by atoms with van der Waals surface area (Å²) >= 11 is 0. The summed E-state index contributed by atoms with van der Waals surface area (Å²) in [5.74, 6) is -3.18. The van der Waals surface area contributed by atoms with Gasteiger partial charge in [0.2, 0.25) is 11.9 Å². The van der Waals surface area contributed by atoms with Crippen LogP contribution in [0, 0.1) is 0 Å². The van der Waals surface area contributed by atoms with Gasteiger partial charge in [0.05, 0.1) is 32.0 Å². The molecule has 0 amide bonds. The van der Waals surface area contributed by atoms with Crippen molar-refractivity contribution in [1.29, 1.82) is 0 Å². The average Bonchev–Trinajstić information content (AvgIpc) is 2.65. The van der Waals surface area contributed by atoms with Crippen LogP contribution in [0.4, 0.5) is 39.7 Å². The Morgan fingerprint density at radius 3 is 2.34 bits per heavy atom. The Morgan fingerprint density at radius 1 is 1.03 bits per heavy atom. The fraction of sp³-hybridized carbons (Fsp3) is 0.500. The van der Waals surface area contributed by atoms with E-state index in [4.69, 9.17) is 10.5 Å². The standard InChI is InChI=1S/C16H16F5N7O/c17-15(18)7-28(8-15)11-5-10(24-14(25-11)27-1-3-29-4-2-27)9-6-23-13(22)26-12(9)16(19,20)21/h5-6H,1-4,7-8H2,(H2,22,23,26). The van der Waals surface area contributed by atoms with Crippen LogP contribution < -0.4 is 15.5 Å². The summed E-state index contributed by atoms with van der Waals surface area (Å²) in [6.45, 7) is 0.479. The fourth-order valence-corrected chi connectivity index (χ4v) is 3.10. The van der Waals surface area contributed by atoms with Gasteiger partial charge >= 0.3 is 6.18 Å². The van der Waals surface area contributed by atoms with E-state index in [2.05, 4.69) is 19.9 Å². The van der Waals surface area contributed by atoms with Crippen LogP contribution >= 0.6 is 0 Å². The third kappa shape index (κ3) is 3.99. The van der Waals surface area contributed by atoms with Gasteiger partial charge in [-0.15, -0.1) is 0 Å². The van der Waals surface area contributed by atoms with E-state index in [0.29, 0.717) is 26.3 Å². The van der Waals surface area contributed by atoms with E-state index >= 15 is 0 Å². The van der Waals surface area contributed by atoms with E-state index in [9.17, 15) is 22.0 Å². The summed E-state index contributed by atoms with van der Waals surface area (Å²) in [4.78, 5) is 18.5. The molecular formula is C16H16F5N7O. The number of nitrogen functional groups attached to an aromatic ring is 1. The molecule has 0 radical (unpaired) electrons. The summed E-state index contributed by atoms with van der Waals surface area (Å²) in [7, 11) is 0. The molecule has 0 aromatic carbocycles. The van der Waals surface area contributed by atoms with Crippen molar-refractivity contribution >= 4 is 17.7 Å². The highest BCUT2D eigenvalue weighted by Crippen LogP contribution is 2.38. The van der Waals surface area contributed by atoms with Gasteiger partial charge in [0.15, 0.2) is 5.69 Å². The van der Waals surface area contributed by atoms with Crippen LogP contribution in [-0.4, -0.2) is 65.3 Å². The van der Waals surface area contributed by atoms with Gasteiger partial charge < -0.3 is 20.3 Å². The number of nitrogens with zero attached hydrogens (tertiary/aromatic N) is 6. The number of alkyl halides is 5. The molecule has 0 aliphatic carbocycles. The summed E-state index contributed by atoms with van der Waals surface area (Å²) in [6.07, 6.45) is -3.88. The van der Waals surface area contributed by atoms with Crippen LogP contribution in [-0.2, 0) is 10.9 Å². The van der Waals surface area contributed by atoms with E-state index in [0.717, 1.165) is 6.20 Å². The number of hydrogen-bond donors (Lipinski definition) is 1. The number of hydrogen-bond acceptors (Lipinski definition) is 8. The van der Waals surface area contributed by atoms with Gasteiger partial charge in [-0.05, 0) is 0 Å². The fourth-order valence-electron chi connectivity index (χ4n) is 3.10. The van der Waals surface area contributed by atoms with Gasteiger partial charge in [-0.3, -0.25) is 0 Å².